The van der Waals surface area contributed by atoms with Gasteiger partial charge in [-0.2, -0.15) is 0 Å². The Morgan fingerprint density at radius 3 is 2.50 bits per heavy atom. The van der Waals surface area contributed by atoms with Gasteiger partial charge < -0.3 is 19.5 Å². The fourth-order valence-electron chi connectivity index (χ4n) is 2.18. The molecule has 0 unspecified atom stereocenters. The molecule has 0 aromatic heterocycles. The van der Waals surface area contributed by atoms with E-state index >= 15 is 0 Å². The van der Waals surface area contributed by atoms with Gasteiger partial charge in [0.1, 0.15) is 11.6 Å². The van der Waals surface area contributed by atoms with Gasteiger partial charge in [0.05, 0.1) is 29.5 Å². The third kappa shape index (κ3) is 5.56. The topological polar surface area (TPSA) is 73.9 Å². The zero-order chi connectivity index (χ0) is 20.8. The summed E-state index contributed by atoms with van der Waals surface area (Å²) in [6.45, 7) is 2.93. The molecule has 0 heterocycles. The summed E-state index contributed by atoms with van der Waals surface area (Å²) >= 11 is 6.14. The molecule has 2 aromatic rings. The maximum Gasteiger partial charge on any atom is 0.338 e. The first-order valence-corrected chi connectivity index (χ1v) is 8.55. The van der Waals surface area contributed by atoms with Gasteiger partial charge in [0.2, 0.25) is 0 Å². The smallest absolute Gasteiger partial charge is 0.338 e. The molecule has 0 bridgehead atoms. The zero-order valence-corrected chi connectivity index (χ0v) is 16.1. The Morgan fingerprint density at radius 2 is 1.89 bits per heavy atom. The predicted molar refractivity (Wildman–Crippen MR) is 99.0 cm³/mol. The van der Waals surface area contributed by atoms with E-state index < -0.39 is 30.1 Å². The van der Waals surface area contributed by atoms with E-state index in [0.29, 0.717) is 6.07 Å². The number of hydrogen-bond donors (Lipinski definition) is 1. The second-order valence-corrected chi connectivity index (χ2v) is 6.31. The normalized spacial score (nSPS) is 10.5. The number of rotatable bonds is 7. The molecule has 6 nitrogen and oxygen atoms in total. The van der Waals surface area contributed by atoms with Crippen molar-refractivity contribution in [2.45, 2.75) is 20.0 Å². The Balaban J connectivity index is 2.04. The number of nitrogens with one attached hydrogen (secondary N) is 1. The number of esters is 1. The van der Waals surface area contributed by atoms with Crippen LogP contribution in [0.2, 0.25) is 5.02 Å². The van der Waals surface area contributed by atoms with Gasteiger partial charge in [-0.3, -0.25) is 4.79 Å². The number of ether oxygens (including phenoxy) is 3. The number of carbonyl (C=O) groups is 2. The standard InChI is InChI=1S/C19H18ClF2NO5/c1-10(2)28-18-13(20)6-11(7-16(18)26-3)19(25)27-9-17(24)23-15-5-4-12(21)8-14(15)22/h4-8,10H,9H2,1-3H3,(H,23,24). The predicted octanol–water partition coefficient (Wildman–Crippen LogP) is 4.21. The first-order valence-electron chi connectivity index (χ1n) is 8.17. The maximum atomic E-state index is 13.5. The van der Waals surface area contributed by atoms with Crippen molar-refractivity contribution in [3.63, 3.8) is 0 Å². The van der Waals surface area contributed by atoms with Crippen LogP contribution in [0.3, 0.4) is 0 Å². The molecule has 2 aromatic carbocycles. The number of hydrogen-bond acceptors (Lipinski definition) is 5. The van der Waals surface area contributed by atoms with Gasteiger partial charge in [0.25, 0.3) is 5.91 Å². The molecule has 28 heavy (non-hydrogen) atoms. The van der Waals surface area contributed by atoms with Crippen LogP contribution in [0, 0.1) is 11.6 Å². The average Bonchev–Trinajstić information content (AvgIpc) is 2.63. The van der Waals surface area contributed by atoms with Crippen molar-refractivity contribution in [2.75, 3.05) is 19.0 Å². The van der Waals surface area contributed by atoms with Gasteiger partial charge in [-0.25, -0.2) is 13.6 Å². The van der Waals surface area contributed by atoms with Crippen molar-refractivity contribution in [3.05, 3.63) is 52.6 Å². The van der Waals surface area contributed by atoms with E-state index in [0.717, 1.165) is 12.1 Å². The van der Waals surface area contributed by atoms with Crippen molar-refractivity contribution in [1.29, 1.82) is 0 Å². The minimum Gasteiger partial charge on any atom is -0.493 e. The summed E-state index contributed by atoms with van der Waals surface area (Å²) in [6, 6.07) is 5.35. The molecule has 0 aliphatic rings. The summed E-state index contributed by atoms with van der Waals surface area (Å²) in [4.78, 5) is 24.0. The molecular formula is C19H18ClF2NO5. The number of anilines is 1. The van der Waals surface area contributed by atoms with Gasteiger partial charge >= 0.3 is 5.97 Å². The van der Waals surface area contributed by atoms with Crippen molar-refractivity contribution in [1.82, 2.24) is 0 Å². The average molecular weight is 414 g/mol. The van der Waals surface area contributed by atoms with Gasteiger partial charge in [-0.1, -0.05) is 11.6 Å². The van der Waals surface area contributed by atoms with Gasteiger partial charge in [0.15, 0.2) is 18.1 Å². The van der Waals surface area contributed by atoms with E-state index in [1.807, 2.05) is 0 Å². The molecule has 1 amide bonds. The minimum atomic E-state index is -0.947. The zero-order valence-electron chi connectivity index (χ0n) is 15.3. The molecule has 0 saturated carbocycles. The van der Waals surface area contributed by atoms with Gasteiger partial charge in [-0.05, 0) is 38.1 Å². The molecular weight excluding hydrogens is 396 g/mol. The van der Waals surface area contributed by atoms with E-state index in [2.05, 4.69) is 5.32 Å². The van der Waals surface area contributed by atoms with Crippen LogP contribution in [-0.2, 0) is 9.53 Å². The van der Waals surface area contributed by atoms with E-state index in [1.54, 1.807) is 13.8 Å². The van der Waals surface area contributed by atoms with Crippen molar-refractivity contribution >= 4 is 29.2 Å². The molecule has 1 N–H and O–H groups in total. The third-order valence-electron chi connectivity index (χ3n) is 3.36. The molecule has 0 fully saturated rings. The summed E-state index contributed by atoms with van der Waals surface area (Å²) < 4.78 is 42.0. The van der Waals surface area contributed by atoms with Crippen molar-refractivity contribution in [2.24, 2.45) is 0 Å². The van der Waals surface area contributed by atoms with Crippen LogP contribution in [0.5, 0.6) is 11.5 Å². The summed E-state index contributed by atoms with van der Waals surface area (Å²) in [6.07, 6.45) is -0.167. The Bertz CT molecular complexity index is 889. The lowest BCUT2D eigenvalue weighted by molar-refractivity contribution is -0.119. The Labute approximate surface area is 165 Å². The first kappa shape index (κ1) is 21.4. The number of carbonyl (C=O) groups excluding carboxylic acids is 2. The van der Waals surface area contributed by atoms with Crippen LogP contribution in [0.25, 0.3) is 0 Å². The Kier molecular flexibility index (Phi) is 7.17. The lowest BCUT2D eigenvalue weighted by Gasteiger charge is -2.16. The van der Waals surface area contributed by atoms with Gasteiger partial charge in [0, 0.05) is 6.07 Å². The molecule has 0 aliphatic carbocycles. The SMILES string of the molecule is COc1cc(C(=O)OCC(=O)Nc2ccc(F)cc2F)cc(Cl)c1OC(C)C. The van der Waals surface area contributed by atoms with E-state index in [9.17, 15) is 18.4 Å². The van der Waals surface area contributed by atoms with E-state index in [4.69, 9.17) is 25.8 Å². The number of methoxy groups -OCH3 is 1. The molecule has 2 rings (SSSR count). The van der Waals surface area contributed by atoms with Crippen LogP contribution in [0.15, 0.2) is 30.3 Å². The molecule has 0 aliphatic heterocycles. The van der Waals surface area contributed by atoms with Crippen LogP contribution in [-0.4, -0.2) is 31.7 Å². The molecule has 0 saturated heterocycles. The fourth-order valence-corrected chi connectivity index (χ4v) is 2.43. The van der Waals surface area contributed by atoms with Crippen LogP contribution in [0.1, 0.15) is 24.2 Å². The van der Waals surface area contributed by atoms with Crippen LogP contribution < -0.4 is 14.8 Å². The van der Waals surface area contributed by atoms with Crippen molar-refractivity contribution < 1.29 is 32.6 Å². The monoisotopic (exact) mass is 413 g/mol. The maximum absolute atomic E-state index is 13.5. The van der Waals surface area contributed by atoms with Crippen molar-refractivity contribution in [3.8, 4) is 11.5 Å². The quantitative estimate of drug-likeness (QED) is 0.688. The molecule has 0 radical (unpaired) electrons. The molecule has 9 heteroatoms. The Hall–Kier alpha value is -2.87. The number of halogens is 3. The fraction of sp³-hybridized carbons (Fsp3) is 0.263. The summed E-state index contributed by atoms with van der Waals surface area (Å²) in [5.74, 6) is -2.86. The van der Waals surface area contributed by atoms with Gasteiger partial charge in [-0.15, -0.1) is 0 Å². The largest absolute Gasteiger partial charge is 0.493 e. The molecule has 0 atom stereocenters. The number of amides is 1. The summed E-state index contributed by atoms with van der Waals surface area (Å²) in [7, 11) is 1.39. The van der Waals surface area contributed by atoms with Crippen LogP contribution >= 0.6 is 11.6 Å². The van der Waals surface area contributed by atoms with E-state index in [-0.39, 0.29) is 33.9 Å². The molecule has 150 valence electrons. The highest BCUT2D eigenvalue weighted by Gasteiger charge is 2.19. The second-order valence-electron chi connectivity index (χ2n) is 5.90. The highest BCUT2D eigenvalue weighted by Crippen LogP contribution is 2.37. The highest BCUT2D eigenvalue weighted by atomic mass is 35.5. The lowest BCUT2D eigenvalue weighted by atomic mass is 10.2. The van der Waals surface area contributed by atoms with Crippen LogP contribution in [0.4, 0.5) is 14.5 Å². The number of benzene rings is 2. The van der Waals surface area contributed by atoms with E-state index in [1.165, 1.54) is 19.2 Å². The minimum absolute atomic E-state index is 0.0405. The Morgan fingerprint density at radius 1 is 1.18 bits per heavy atom. The highest BCUT2D eigenvalue weighted by molar-refractivity contribution is 6.32. The lowest BCUT2D eigenvalue weighted by Crippen LogP contribution is -2.21. The second kappa shape index (κ2) is 9.36. The summed E-state index contributed by atoms with van der Waals surface area (Å²) in [5, 5.41) is 2.32. The first-order chi connectivity index (χ1) is 13.2. The summed E-state index contributed by atoms with van der Waals surface area (Å²) in [5.41, 5.74) is -0.193. The molecule has 0 spiro atoms. The third-order valence-corrected chi connectivity index (χ3v) is 3.64.